The van der Waals surface area contributed by atoms with E-state index in [1.54, 1.807) is 47.4 Å². The number of nitrogens with zero attached hydrogens (tertiary/aromatic N) is 2. The third-order valence-corrected chi connectivity index (χ3v) is 7.03. The van der Waals surface area contributed by atoms with E-state index in [0.717, 1.165) is 16.1 Å². The molecule has 1 aromatic heterocycles. The van der Waals surface area contributed by atoms with Gasteiger partial charge in [-0.2, -0.15) is 13.2 Å². The first kappa shape index (κ1) is 27.4. The number of nitrogens with one attached hydrogen (secondary N) is 2. The standard InChI is InChI=1S/C26H27F3N4O4S/c1-36-20-7-6-18(13-21(20)37-2)23(34)30-14-16-4-3-5-17(12-16)24(35)32-25-31-19-8-10-33(15-22(19)38-25)11-9-26(27,28)29/h3-7,12-13H,8-11,14-15H2,1-2H3,(H,30,34)(H,31,32,35). The zero-order valence-electron chi connectivity index (χ0n) is 20.9. The number of fused-ring (bicyclic) bond motifs is 1. The topological polar surface area (TPSA) is 92.8 Å². The van der Waals surface area contributed by atoms with Crippen LogP contribution in [0.5, 0.6) is 11.5 Å². The summed E-state index contributed by atoms with van der Waals surface area (Å²) in [7, 11) is 3.00. The lowest BCUT2D eigenvalue weighted by atomic mass is 10.1. The first-order chi connectivity index (χ1) is 18.1. The van der Waals surface area contributed by atoms with Crippen molar-refractivity contribution in [1.29, 1.82) is 0 Å². The monoisotopic (exact) mass is 548 g/mol. The fraction of sp³-hybridized carbons (Fsp3) is 0.346. The minimum absolute atomic E-state index is 0.0577. The predicted octanol–water partition coefficient (Wildman–Crippen LogP) is 4.65. The number of methoxy groups -OCH3 is 2. The highest BCUT2D eigenvalue weighted by Crippen LogP contribution is 2.30. The zero-order chi connectivity index (χ0) is 27.3. The third-order valence-electron chi connectivity index (χ3n) is 6.03. The molecule has 0 saturated heterocycles. The van der Waals surface area contributed by atoms with E-state index >= 15 is 0 Å². The second kappa shape index (κ2) is 11.8. The van der Waals surface area contributed by atoms with E-state index < -0.39 is 12.6 Å². The number of halogens is 3. The van der Waals surface area contributed by atoms with E-state index in [1.165, 1.54) is 25.6 Å². The molecule has 0 aliphatic carbocycles. The second-order valence-electron chi connectivity index (χ2n) is 8.69. The van der Waals surface area contributed by atoms with Crippen LogP contribution in [-0.2, 0) is 19.5 Å². The van der Waals surface area contributed by atoms with E-state index in [4.69, 9.17) is 9.47 Å². The lowest BCUT2D eigenvalue weighted by Crippen LogP contribution is -2.32. The zero-order valence-corrected chi connectivity index (χ0v) is 21.7. The molecule has 38 heavy (non-hydrogen) atoms. The Balaban J connectivity index is 1.34. The van der Waals surface area contributed by atoms with Crippen molar-refractivity contribution in [3.8, 4) is 11.5 Å². The van der Waals surface area contributed by atoms with Gasteiger partial charge in [0.1, 0.15) is 0 Å². The third kappa shape index (κ3) is 7.01. The van der Waals surface area contributed by atoms with Crippen LogP contribution in [0.15, 0.2) is 42.5 Å². The number of hydrogen-bond acceptors (Lipinski definition) is 7. The molecule has 0 atom stereocenters. The van der Waals surface area contributed by atoms with Gasteiger partial charge in [0.15, 0.2) is 16.6 Å². The predicted molar refractivity (Wildman–Crippen MR) is 137 cm³/mol. The van der Waals surface area contributed by atoms with Gasteiger partial charge in [-0.3, -0.25) is 19.8 Å². The van der Waals surface area contributed by atoms with Crippen LogP contribution in [0.25, 0.3) is 0 Å². The molecule has 1 aliphatic rings. The first-order valence-corrected chi connectivity index (χ1v) is 12.6. The summed E-state index contributed by atoms with van der Waals surface area (Å²) < 4.78 is 48.1. The van der Waals surface area contributed by atoms with Crippen molar-refractivity contribution >= 4 is 28.3 Å². The highest BCUT2D eigenvalue weighted by Gasteiger charge is 2.29. The lowest BCUT2D eigenvalue weighted by Gasteiger charge is -2.26. The van der Waals surface area contributed by atoms with E-state index in [1.807, 2.05) is 0 Å². The molecule has 2 heterocycles. The summed E-state index contributed by atoms with van der Waals surface area (Å²) in [6, 6.07) is 11.7. The van der Waals surface area contributed by atoms with Crippen LogP contribution in [0.2, 0.25) is 0 Å². The molecule has 0 unspecified atom stereocenters. The van der Waals surface area contributed by atoms with Crippen molar-refractivity contribution in [2.75, 3.05) is 32.6 Å². The number of rotatable bonds is 9. The van der Waals surface area contributed by atoms with Crippen LogP contribution in [0, 0.1) is 0 Å². The smallest absolute Gasteiger partial charge is 0.390 e. The molecule has 8 nitrogen and oxygen atoms in total. The van der Waals surface area contributed by atoms with E-state index in [2.05, 4.69) is 15.6 Å². The van der Waals surface area contributed by atoms with Crippen molar-refractivity contribution < 1.29 is 32.2 Å². The van der Waals surface area contributed by atoms with Crippen molar-refractivity contribution in [2.24, 2.45) is 0 Å². The Morgan fingerprint density at radius 3 is 2.55 bits per heavy atom. The number of aromatic nitrogens is 1. The molecule has 0 fully saturated rings. The average molecular weight is 549 g/mol. The molecule has 0 spiro atoms. The lowest BCUT2D eigenvalue weighted by molar-refractivity contribution is -0.138. The Labute approximate surface area is 221 Å². The Morgan fingerprint density at radius 1 is 1.05 bits per heavy atom. The molecule has 3 aromatic rings. The maximum absolute atomic E-state index is 12.9. The number of hydrogen-bond donors (Lipinski definition) is 2. The number of carbonyl (C=O) groups excluding carboxylic acids is 2. The SMILES string of the molecule is COc1ccc(C(=O)NCc2cccc(C(=O)Nc3nc4c(s3)CN(CCC(F)(F)F)CC4)c2)cc1OC. The van der Waals surface area contributed by atoms with Crippen molar-refractivity contribution in [3.63, 3.8) is 0 Å². The summed E-state index contributed by atoms with van der Waals surface area (Å²) in [6.45, 7) is 1.02. The number of anilines is 1. The molecular formula is C26H27F3N4O4S. The van der Waals surface area contributed by atoms with Crippen LogP contribution in [0.1, 0.15) is 43.3 Å². The number of alkyl halides is 3. The molecule has 2 N–H and O–H groups in total. The summed E-state index contributed by atoms with van der Waals surface area (Å²) in [4.78, 5) is 32.5. The fourth-order valence-corrected chi connectivity index (χ4v) is 5.08. The van der Waals surface area contributed by atoms with E-state index in [9.17, 15) is 22.8 Å². The van der Waals surface area contributed by atoms with Gasteiger partial charge in [0.2, 0.25) is 0 Å². The minimum Gasteiger partial charge on any atom is -0.493 e. The normalized spacial score (nSPS) is 13.5. The van der Waals surface area contributed by atoms with Gasteiger partial charge in [0.05, 0.1) is 26.3 Å². The maximum Gasteiger partial charge on any atom is 0.390 e. The highest BCUT2D eigenvalue weighted by molar-refractivity contribution is 7.15. The van der Waals surface area contributed by atoms with Crippen LogP contribution in [-0.4, -0.2) is 55.2 Å². The van der Waals surface area contributed by atoms with Crippen LogP contribution < -0.4 is 20.1 Å². The number of amides is 2. The molecule has 0 bridgehead atoms. The van der Waals surface area contributed by atoms with Crippen LogP contribution >= 0.6 is 11.3 Å². The summed E-state index contributed by atoms with van der Waals surface area (Å²) >= 11 is 1.27. The van der Waals surface area contributed by atoms with Gasteiger partial charge < -0.3 is 14.8 Å². The molecule has 2 aromatic carbocycles. The highest BCUT2D eigenvalue weighted by atomic mass is 32.1. The van der Waals surface area contributed by atoms with Gasteiger partial charge in [0.25, 0.3) is 11.8 Å². The Morgan fingerprint density at radius 2 is 1.82 bits per heavy atom. The van der Waals surface area contributed by atoms with Gasteiger partial charge in [-0.25, -0.2) is 4.98 Å². The number of carbonyl (C=O) groups is 2. The van der Waals surface area contributed by atoms with Crippen molar-refractivity contribution in [2.45, 2.75) is 32.1 Å². The van der Waals surface area contributed by atoms with Gasteiger partial charge in [-0.15, -0.1) is 11.3 Å². The molecule has 0 radical (unpaired) electrons. The Kier molecular flexibility index (Phi) is 8.52. The molecule has 0 saturated carbocycles. The Bertz CT molecular complexity index is 1310. The maximum atomic E-state index is 12.9. The molecule has 1 aliphatic heterocycles. The summed E-state index contributed by atoms with van der Waals surface area (Å²) in [5.41, 5.74) is 2.33. The van der Waals surface area contributed by atoms with Crippen LogP contribution in [0.4, 0.5) is 18.3 Å². The summed E-state index contributed by atoms with van der Waals surface area (Å²) in [6.07, 6.45) is -4.50. The van der Waals surface area contributed by atoms with Crippen molar-refractivity contribution in [3.05, 3.63) is 69.7 Å². The Hall–Kier alpha value is -3.64. The number of ether oxygens (including phenoxy) is 2. The fourth-order valence-electron chi connectivity index (χ4n) is 4.03. The quantitative estimate of drug-likeness (QED) is 0.404. The second-order valence-corrected chi connectivity index (χ2v) is 9.77. The van der Waals surface area contributed by atoms with E-state index in [-0.39, 0.29) is 24.9 Å². The van der Waals surface area contributed by atoms with E-state index in [0.29, 0.717) is 47.3 Å². The summed E-state index contributed by atoms with van der Waals surface area (Å²) in [5, 5.41) is 6.02. The number of thiazole rings is 1. The van der Waals surface area contributed by atoms with Gasteiger partial charge in [0, 0.05) is 48.6 Å². The largest absolute Gasteiger partial charge is 0.493 e. The molecular weight excluding hydrogens is 521 g/mol. The average Bonchev–Trinajstić information content (AvgIpc) is 3.31. The van der Waals surface area contributed by atoms with Crippen molar-refractivity contribution in [1.82, 2.24) is 15.2 Å². The van der Waals surface area contributed by atoms with Gasteiger partial charge >= 0.3 is 6.18 Å². The first-order valence-electron chi connectivity index (χ1n) is 11.8. The molecule has 12 heteroatoms. The molecule has 2 amide bonds. The molecule has 202 valence electrons. The summed E-state index contributed by atoms with van der Waals surface area (Å²) in [5.74, 6) is 0.288. The number of benzene rings is 2. The van der Waals surface area contributed by atoms with Gasteiger partial charge in [-0.1, -0.05) is 12.1 Å². The minimum atomic E-state index is -4.19. The molecule has 4 rings (SSSR count). The van der Waals surface area contributed by atoms with Crippen LogP contribution in [0.3, 0.4) is 0 Å². The van der Waals surface area contributed by atoms with Gasteiger partial charge in [-0.05, 0) is 35.9 Å².